The Morgan fingerprint density at radius 3 is 2.55 bits per heavy atom. The van der Waals surface area contributed by atoms with Gasteiger partial charge in [0.2, 0.25) is 0 Å². The Kier molecular flexibility index (Phi) is 6.11. The molecular formula is C15H22N2O4S. The average Bonchev–Trinajstić information content (AvgIpc) is 2.75. The molecule has 0 atom stereocenters. The highest BCUT2D eigenvalue weighted by atomic mass is 32.1. The van der Waals surface area contributed by atoms with Crippen LogP contribution in [0.25, 0.3) is 0 Å². The van der Waals surface area contributed by atoms with Crippen molar-refractivity contribution >= 4 is 28.5 Å². The molecule has 0 aromatic carbocycles. The third-order valence-electron chi connectivity index (χ3n) is 2.40. The summed E-state index contributed by atoms with van der Waals surface area (Å²) in [5.74, 6) is -0.438. The summed E-state index contributed by atoms with van der Waals surface area (Å²) in [6.45, 7) is 13.0. The van der Waals surface area contributed by atoms with E-state index in [1.807, 2.05) is 0 Å². The van der Waals surface area contributed by atoms with E-state index in [0.717, 1.165) is 11.3 Å². The van der Waals surface area contributed by atoms with Crippen LogP contribution in [-0.4, -0.2) is 35.8 Å². The molecule has 0 saturated heterocycles. The van der Waals surface area contributed by atoms with Crippen LogP contribution in [0.2, 0.25) is 0 Å². The van der Waals surface area contributed by atoms with E-state index in [-0.39, 0.29) is 13.2 Å². The summed E-state index contributed by atoms with van der Waals surface area (Å²) in [6.07, 6.45) is 1.04. The molecule has 1 rings (SSSR count). The molecule has 6 nitrogen and oxygen atoms in total. The Morgan fingerprint density at radius 2 is 2.05 bits per heavy atom. The molecule has 1 amide bonds. The van der Waals surface area contributed by atoms with Gasteiger partial charge in [0.25, 0.3) is 0 Å². The minimum Gasteiger partial charge on any atom is -0.462 e. The molecule has 1 aromatic heterocycles. The number of amides is 1. The fourth-order valence-corrected chi connectivity index (χ4v) is 2.52. The van der Waals surface area contributed by atoms with Crippen molar-refractivity contribution in [2.75, 3.05) is 18.1 Å². The SMILES string of the molecule is C=CCN(C(=O)OC(C)(C)C)c1nc(C)c(C(=O)OCC)s1. The van der Waals surface area contributed by atoms with Crippen LogP contribution in [0.15, 0.2) is 12.7 Å². The van der Waals surface area contributed by atoms with Crippen molar-refractivity contribution < 1.29 is 19.1 Å². The van der Waals surface area contributed by atoms with Crippen molar-refractivity contribution in [1.82, 2.24) is 4.98 Å². The van der Waals surface area contributed by atoms with Crippen LogP contribution >= 0.6 is 11.3 Å². The van der Waals surface area contributed by atoms with Crippen LogP contribution in [0.5, 0.6) is 0 Å². The molecule has 1 aromatic rings. The zero-order valence-corrected chi connectivity index (χ0v) is 14.5. The van der Waals surface area contributed by atoms with E-state index in [9.17, 15) is 9.59 Å². The molecule has 0 unspecified atom stereocenters. The van der Waals surface area contributed by atoms with Crippen LogP contribution in [0, 0.1) is 6.92 Å². The number of nitrogens with zero attached hydrogens (tertiary/aromatic N) is 2. The van der Waals surface area contributed by atoms with Crippen molar-refractivity contribution in [3.8, 4) is 0 Å². The Labute approximate surface area is 134 Å². The quantitative estimate of drug-likeness (QED) is 0.611. The van der Waals surface area contributed by atoms with Gasteiger partial charge in [0.15, 0.2) is 5.13 Å². The summed E-state index contributed by atoms with van der Waals surface area (Å²) in [7, 11) is 0. The largest absolute Gasteiger partial charge is 0.462 e. The summed E-state index contributed by atoms with van der Waals surface area (Å²) < 4.78 is 10.3. The topological polar surface area (TPSA) is 68.7 Å². The summed E-state index contributed by atoms with van der Waals surface area (Å²) in [4.78, 5) is 30.1. The Bertz CT molecular complexity index is 560. The molecule has 1 heterocycles. The lowest BCUT2D eigenvalue weighted by molar-refractivity contribution is 0.0529. The van der Waals surface area contributed by atoms with Crippen LogP contribution < -0.4 is 4.90 Å². The van der Waals surface area contributed by atoms with Crippen molar-refractivity contribution in [1.29, 1.82) is 0 Å². The van der Waals surface area contributed by atoms with E-state index in [1.165, 1.54) is 4.90 Å². The first-order chi connectivity index (χ1) is 10.2. The molecule has 0 aliphatic rings. The maximum atomic E-state index is 12.3. The predicted molar refractivity (Wildman–Crippen MR) is 86.6 cm³/mol. The van der Waals surface area contributed by atoms with E-state index in [2.05, 4.69) is 11.6 Å². The van der Waals surface area contributed by atoms with Crippen LogP contribution in [-0.2, 0) is 9.47 Å². The first-order valence-electron chi connectivity index (χ1n) is 6.95. The Balaban J connectivity index is 3.07. The van der Waals surface area contributed by atoms with Crippen LogP contribution in [0.3, 0.4) is 0 Å². The van der Waals surface area contributed by atoms with Crippen molar-refractivity contribution in [3.05, 3.63) is 23.2 Å². The van der Waals surface area contributed by atoms with Gasteiger partial charge < -0.3 is 9.47 Å². The molecule has 0 aliphatic carbocycles. The standard InChI is InChI=1S/C15H22N2O4S/c1-7-9-17(14(19)21-15(4,5)6)13-16-10(3)11(22-13)12(18)20-8-2/h7H,1,8-9H2,2-6H3. The molecule has 0 saturated carbocycles. The van der Waals surface area contributed by atoms with E-state index in [1.54, 1.807) is 40.7 Å². The van der Waals surface area contributed by atoms with E-state index >= 15 is 0 Å². The lowest BCUT2D eigenvalue weighted by Crippen LogP contribution is -2.37. The van der Waals surface area contributed by atoms with Gasteiger partial charge in [0, 0.05) is 6.54 Å². The molecule has 7 heteroatoms. The number of ether oxygens (including phenoxy) is 2. The van der Waals surface area contributed by atoms with Gasteiger partial charge in [-0.1, -0.05) is 17.4 Å². The zero-order valence-electron chi connectivity index (χ0n) is 13.6. The van der Waals surface area contributed by atoms with Gasteiger partial charge in [-0.3, -0.25) is 0 Å². The maximum Gasteiger partial charge on any atom is 0.416 e. The number of carbonyl (C=O) groups is 2. The van der Waals surface area contributed by atoms with Crippen molar-refractivity contribution in [3.63, 3.8) is 0 Å². The lowest BCUT2D eigenvalue weighted by Gasteiger charge is -2.24. The number of thiazole rings is 1. The van der Waals surface area contributed by atoms with Gasteiger partial charge >= 0.3 is 12.1 Å². The second kappa shape index (κ2) is 7.40. The summed E-state index contributed by atoms with van der Waals surface area (Å²) in [5, 5.41) is 0.384. The van der Waals surface area contributed by atoms with Gasteiger partial charge in [0.1, 0.15) is 10.5 Å². The zero-order chi connectivity index (χ0) is 16.9. The molecule has 0 aliphatic heterocycles. The molecule has 0 bridgehead atoms. The second-order valence-electron chi connectivity index (χ2n) is 5.51. The third kappa shape index (κ3) is 4.84. The monoisotopic (exact) mass is 326 g/mol. The molecular weight excluding hydrogens is 304 g/mol. The van der Waals surface area contributed by atoms with Gasteiger partial charge in [-0.2, -0.15) is 0 Å². The number of anilines is 1. The van der Waals surface area contributed by atoms with E-state index in [4.69, 9.17) is 9.47 Å². The second-order valence-corrected chi connectivity index (χ2v) is 6.49. The normalized spacial score (nSPS) is 11.0. The van der Waals surface area contributed by atoms with Crippen LogP contribution in [0.1, 0.15) is 43.1 Å². The first-order valence-corrected chi connectivity index (χ1v) is 7.77. The van der Waals surface area contributed by atoms with Gasteiger partial charge in [-0.25, -0.2) is 19.5 Å². The number of carbonyl (C=O) groups excluding carboxylic acids is 2. The highest BCUT2D eigenvalue weighted by Gasteiger charge is 2.27. The molecule has 122 valence electrons. The molecule has 0 radical (unpaired) electrons. The fraction of sp³-hybridized carbons (Fsp3) is 0.533. The first kappa shape index (κ1) is 18.2. The van der Waals surface area contributed by atoms with Crippen molar-refractivity contribution in [2.45, 2.75) is 40.2 Å². The maximum absolute atomic E-state index is 12.3. The number of esters is 1. The number of rotatable bonds is 5. The average molecular weight is 326 g/mol. The minimum absolute atomic E-state index is 0.240. The molecule has 0 N–H and O–H groups in total. The van der Waals surface area contributed by atoms with Crippen LogP contribution in [0.4, 0.5) is 9.93 Å². The van der Waals surface area contributed by atoms with Gasteiger partial charge in [-0.05, 0) is 34.6 Å². The molecule has 0 fully saturated rings. The molecule has 22 heavy (non-hydrogen) atoms. The number of aromatic nitrogens is 1. The summed E-state index contributed by atoms with van der Waals surface area (Å²) in [5.41, 5.74) is -0.0941. The Hall–Kier alpha value is -1.89. The highest BCUT2D eigenvalue weighted by Crippen LogP contribution is 2.28. The fourth-order valence-electron chi connectivity index (χ4n) is 1.56. The van der Waals surface area contributed by atoms with Gasteiger partial charge in [0.05, 0.1) is 12.3 Å². The predicted octanol–water partition coefficient (Wildman–Crippen LogP) is 3.56. The summed E-state index contributed by atoms with van der Waals surface area (Å²) >= 11 is 1.10. The Morgan fingerprint density at radius 1 is 1.41 bits per heavy atom. The third-order valence-corrected chi connectivity index (χ3v) is 3.56. The minimum atomic E-state index is -0.618. The number of hydrogen-bond donors (Lipinski definition) is 0. The lowest BCUT2D eigenvalue weighted by atomic mass is 10.2. The summed E-state index contributed by atoms with van der Waals surface area (Å²) in [6, 6.07) is 0. The van der Waals surface area contributed by atoms with Gasteiger partial charge in [-0.15, -0.1) is 6.58 Å². The molecule has 0 spiro atoms. The number of hydrogen-bond acceptors (Lipinski definition) is 6. The van der Waals surface area contributed by atoms with E-state index in [0.29, 0.717) is 15.7 Å². The van der Waals surface area contributed by atoms with Crippen molar-refractivity contribution in [2.24, 2.45) is 0 Å². The number of aryl methyl sites for hydroxylation is 1. The smallest absolute Gasteiger partial charge is 0.416 e. The highest BCUT2D eigenvalue weighted by molar-refractivity contribution is 7.17. The van der Waals surface area contributed by atoms with E-state index < -0.39 is 17.7 Å².